The Morgan fingerprint density at radius 2 is 1.37 bits per heavy atom. The molecule has 0 fully saturated rings. The number of hydrogen-bond donors (Lipinski definition) is 0. The molecule has 2 heterocycles. The van der Waals surface area contributed by atoms with Gasteiger partial charge in [0, 0.05) is 47.7 Å². The molecule has 0 atom stereocenters. The molecule has 0 spiro atoms. The van der Waals surface area contributed by atoms with Crippen molar-refractivity contribution in [3.05, 3.63) is 101 Å². The summed E-state index contributed by atoms with van der Waals surface area (Å²) in [5.41, 5.74) is 4.39. The molecule has 6 heteroatoms. The van der Waals surface area contributed by atoms with Crippen molar-refractivity contribution in [2.45, 2.75) is 113 Å². The summed E-state index contributed by atoms with van der Waals surface area (Å²) in [6.07, 6.45) is 5.76. The molecule has 0 unspecified atom stereocenters. The van der Waals surface area contributed by atoms with Gasteiger partial charge < -0.3 is 5.32 Å². The Balaban J connectivity index is 0.000000275. The number of nitrogens with zero attached hydrogens (tertiary/aromatic N) is 3. The van der Waals surface area contributed by atoms with Gasteiger partial charge in [-0.05, 0) is 41.0 Å². The second-order valence-electron chi connectivity index (χ2n) is 14.6. The molecule has 4 nitrogen and oxygen atoms in total. The molecule has 6 rings (SSSR count). The Bertz CT molecular complexity index is 2150. The Morgan fingerprint density at radius 3 is 1.96 bits per heavy atom. The molecule has 0 amide bonds. The van der Waals surface area contributed by atoms with E-state index in [4.69, 9.17) is 9.97 Å². The fourth-order valence-electron chi connectivity index (χ4n) is 7.01. The third kappa shape index (κ3) is 8.84. The minimum absolute atomic E-state index is 0. The Kier molecular flexibility index (Phi) is 14.7. The third-order valence-corrected chi connectivity index (χ3v) is 11.1. The zero-order valence-corrected chi connectivity index (χ0v) is 35.8. The van der Waals surface area contributed by atoms with Gasteiger partial charge in [0.25, 0.3) is 0 Å². The molecule has 0 aliphatic rings. The quantitative estimate of drug-likeness (QED) is 0.0908. The van der Waals surface area contributed by atoms with E-state index in [0.29, 0.717) is 11.8 Å². The SMILES string of the molecule is CC(C)c1nc(-c2[c-]cc(C(C)C)c3ccccc23)c2c(n1)sc1c3ccccc3ccc12.CCC(CC)C(=O)/C=C(\[N-]C(C)C)C(CC)CC.[Ir]. The molecular formula is C46H55IrN3OS-2. The molecule has 1 radical (unpaired) electrons. The molecule has 0 saturated carbocycles. The van der Waals surface area contributed by atoms with E-state index < -0.39 is 0 Å². The van der Waals surface area contributed by atoms with Crippen LogP contribution in [0.3, 0.4) is 0 Å². The Labute approximate surface area is 329 Å². The number of ketones is 1. The normalized spacial score (nSPS) is 12.1. The van der Waals surface area contributed by atoms with Gasteiger partial charge >= 0.3 is 0 Å². The van der Waals surface area contributed by atoms with Crippen molar-refractivity contribution in [3.8, 4) is 11.3 Å². The molecule has 0 aliphatic carbocycles. The minimum Gasteiger partial charge on any atom is -0.685 e. The van der Waals surface area contributed by atoms with E-state index >= 15 is 0 Å². The maximum atomic E-state index is 12.2. The van der Waals surface area contributed by atoms with E-state index in [1.54, 1.807) is 11.3 Å². The van der Waals surface area contributed by atoms with Crippen LogP contribution in [-0.4, -0.2) is 21.8 Å². The van der Waals surface area contributed by atoms with Crippen molar-refractivity contribution in [1.82, 2.24) is 9.97 Å². The Hall–Kier alpha value is -3.44. The number of carbonyl (C=O) groups excluding carboxylic acids is 1. The Morgan fingerprint density at radius 1 is 0.750 bits per heavy atom. The summed E-state index contributed by atoms with van der Waals surface area (Å²) >= 11 is 1.78. The van der Waals surface area contributed by atoms with Gasteiger partial charge in [0.15, 0.2) is 5.78 Å². The number of fused-ring (bicyclic) bond motifs is 6. The van der Waals surface area contributed by atoms with Gasteiger partial charge in [0.2, 0.25) is 0 Å². The number of carbonyl (C=O) groups is 1. The van der Waals surface area contributed by atoms with Gasteiger partial charge in [-0.1, -0.05) is 159 Å². The van der Waals surface area contributed by atoms with Crippen molar-refractivity contribution in [3.63, 3.8) is 0 Å². The van der Waals surface area contributed by atoms with Crippen molar-refractivity contribution in [1.29, 1.82) is 0 Å². The molecule has 2 aromatic heterocycles. The smallest absolute Gasteiger partial charge is 0.157 e. The average molecular weight is 890 g/mol. The van der Waals surface area contributed by atoms with Crippen molar-refractivity contribution >= 4 is 59.0 Å². The topological polar surface area (TPSA) is 57.0 Å². The summed E-state index contributed by atoms with van der Waals surface area (Å²) in [5, 5.41) is 12.0. The summed E-state index contributed by atoms with van der Waals surface area (Å²) in [6, 6.07) is 27.8. The molecule has 52 heavy (non-hydrogen) atoms. The van der Waals surface area contributed by atoms with Crippen molar-refractivity contribution in [2.75, 3.05) is 0 Å². The summed E-state index contributed by atoms with van der Waals surface area (Å²) in [6.45, 7) is 21.4. The number of hydrogen-bond acceptors (Lipinski definition) is 4. The number of aromatic nitrogens is 2. The molecule has 0 N–H and O–H groups in total. The first-order valence-electron chi connectivity index (χ1n) is 19.0. The third-order valence-electron chi connectivity index (χ3n) is 9.98. The van der Waals surface area contributed by atoms with E-state index in [1.165, 1.54) is 37.2 Å². The predicted molar refractivity (Wildman–Crippen MR) is 222 cm³/mol. The van der Waals surface area contributed by atoms with Gasteiger partial charge in [-0.3, -0.25) is 9.78 Å². The number of benzene rings is 4. The van der Waals surface area contributed by atoms with Crippen LogP contribution in [0, 0.1) is 17.9 Å². The standard InChI is InChI=1S/C30H25N2S.C16H31NO.Ir/c1-17(2)20-15-16-24(23-12-8-7-11-22(20)23)27-26-25-14-13-19-9-5-6-10-21(19)28(25)33-30(26)32-29(31-27)18(3)4;1-7-13(8-2)15(17-12(5)6)11-16(18)14(9-3)10-4;/h5-15,17-18H,1-4H3;11-14H,7-10H2,1-6H3,(H,17,18);/q-1;;/p-1. The second kappa shape index (κ2) is 18.5. The zero-order valence-electron chi connectivity index (χ0n) is 32.6. The van der Waals surface area contributed by atoms with E-state index in [1.807, 2.05) is 6.08 Å². The van der Waals surface area contributed by atoms with E-state index in [0.717, 1.165) is 58.7 Å². The fourth-order valence-corrected chi connectivity index (χ4v) is 8.23. The number of rotatable bonds is 12. The van der Waals surface area contributed by atoms with Crippen molar-refractivity contribution < 1.29 is 24.9 Å². The van der Waals surface area contributed by atoms with Crippen LogP contribution in [0.4, 0.5) is 0 Å². The summed E-state index contributed by atoms with van der Waals surface area (Å²) in [7, 11) is 0. The van der Waals surface area contributed by atoms with Gasteiger partial charge in [-0.15, -0.1) is 40.6 Å². The predicted octanol–water partition coefficient (Wildman–Crippen LogP) is 14.0. The van der Waals surface area contributed by atoms with E-state index in [9.17, 15) is 4.79 Å². The van der Waals surface area contributed by atoms with Crippen LogP contribution >= 0.6 is 11.3 Å². The van der Waals surface area contributed by atoms with Crippen LogP contribution in [-0.2, 0) is 24.9 Å². The van der Waals surface area contributed by atoms with Crippen LogP contribution in [0.2, 0.25) is 0 Å². The van der Waals surface area contributed by atoms with Crippen LogP contribution < -0.4 is 0 Å². The molecule has 0 saturated heterocycles. The van der Waals surface area contributed by atoms with Gasteiger partial charge in [-0.2, -0.15) is 5.70 Å². The first-order valence-corrected chi connectivity index (χ1v) is 19.9. The van der Waals surface area contributed by atoms with E-state index in [2.05, 4.69) is 147 Å². The van der Waals surface area contributed by atoms with Gasteiger partial charge in [0.1, 0.15) is 10.7 Å². The molecule has 277 valence electrons. The molecule has 0 bridgehead atoms. The summed E-state index contributed by atoms with van der Waals surface area (Å²) in [4.78, 5) is 23.4. The maximum Gasteiger partial charge on any atom is 0.157 e. The number of allylic oxidation sites excluding steroid dienone is 2. The second-order valence-corrected chi connectivity index (χ2v) is 15.6. The van der Waals surface area contributed by atoms with Crippen LogP contribution in [0.5, 0.6) is 0 Å². The number of thiophene rings is 1. The van der Waals surface area contributed by atoms with Gasteiger partial charge in [0.05, 0.1) is 0 Å². The van der Waals surface area contributed by atoms with E-state index in [-0.39, 0.29) is 43.8 Å². The largest absolute Gasteiger partial charge is 0.685 e. The first kappa shape index (κ1) is 41.3. The minimum atomic E-state index is 0. The van der Waals surface area contributed by atoms with Crippen LogP contribution in [0.1, 0.15) is 118 Å². The molecular weight excluding hydrogens is 835 g/mol. The summed E-state index contributed by atoms with van der Waals surface area (Å²) < 4.78 is 1.28. The van der Waals surface area contributed by atoms with Crippen LogP contribution in [0.15, 0.2) is 78.5 Å². The molecule has 6 aromatic rings. The van der Waals surface area contributed by atoms with Crippen molar-refractivity contribution in [2.24, 2.45) is 11.8 Å². The molecule has 4 aromatic carbocycles. The fraction of sp³-hybridized carbons (Fsp3) is 0.413. The monoisotopic (exact) mass is 890 g/mol. The van der Waals surface area contributed by atoms with Crippen LogP contribution in [0.25, 0.3) is 58.4 Å². The molecule has 0 aliphatic heterocycles. The van der Waals surface area contributed by atoms with Gasteiger partial charge in [-0.25, -0.2) is 4.98 Å². The maximum absolute atomic E-state index is 12.2. The average Bonchev–Trinajstić information content (AvgIpc) is 3.51. The summed E-state index contributed by atoms with van der Waals surface area (Å²) in [5.74, 6) is 2.41. The first-order chi connectivity index (χ1) is 24.5. The zero-order chi connectivity index (χ0) is 36.8.